The second-order valence-electron chi connectivity index (χ2n) is 5.06. The van der Waals surface area contributed by atoms with E-state index in [2.05, 4.69) is 0 Å². The summed E-state index contributed by atoms with van der Waals surface area (Å²) in [5, 5.41) is 0. The number of hydrogen-bond donors (Lipinski definition) is 0. The molecule has 0 atom stereocenters. The molecule has 84 valence electrons. The summed E-state index contributed by atoms with van der Waals surface area (Å²) in [5.74, 6) is 0.399. The molecule has 0 fully saturated rings. The summed E-state index contributed by atoms with van der Waals surface area (Å²) >= 11 is 0. The second-order valence-corrected chi connectivity index (χ2v) is 5.06. The highest BCUT2D eigenvalue weighted by atomic mass is 19.1. The third-order valence-electron chi connectivity index (χ3n) is 2.12. The van der Waals surface area contributed by atoms with E-state index in [0.717, 1.165) is 5.56 Å². The molecule has 0 heterocycles. The Balaban J connectivity index is 2.99. The Morgan fingerprint density at radius 3 is 2.20 bits per heavy atom. The van der Waals surface area contributed by atoms with Crippen LogP contribution in [0, 0.1) is 5.82 Å². The van der Waals surface area contributed by atoms with Gasteiger partial charge in [-0.3, -0.25) is 0 Å². The molecular weight excluding hydrogens is 191 g/mol. The number of ether oxygens (including phenoxy) is 1. The molecular formula is C13H19FO. The molecule has 0 unspecified atom stereocenters. The van der Waals surface area contributed by atoms with Gasteiger partial charge in [-0.05, 0) is 30.9 Å². The molecule has 0 aliphatic carbocycles. The van der Waals surface area contributed by atoms with Crippen LogP contribution in [-0.4, -0.2) is 6.10 Å². The highest BCUT2D eigenvalue weighted by Gasteiger charge is 2.18. The molecule has 1 aromatic rings. The maximum absolute atomic E-state index is 13.7. The zero-order chi connectivity index (χ0) is 11.6. The highest BCUT2D eigenvalue weighted by molar-refractivity contribution is 5.32. The van der Waals surface area contributed by atoms with E-state index in [9.17, 15) is 4.39 Å². The van der Waals surface area contributed by atoms with Gasteiger partial charge in [0.25, 0.3) is 0 Å². The fraction of sp³-hybridized carbons (Fsp3) is 0.538. The summed E-state index contributed by atoms with van der Waals surface area (Å²) in [6.07, 6.45) is 0.0740. The van der Waals surface area contributed by atoms with Crippen LogP contribution in [0.15, 0.2) is 18.2 Å². The van der Waals surface area contributed by atoms with Gasteiger partial charge >= 0.3 is 0 Å². The van der Waals surface area contributed by atoms with Gasteiger partial charge in [0.05, 0.1) is 6.10 Å². The average Bonchev–Trinajstić information content (AvgIpc) is 1.99. The molecule has 0 amide bonds. The number of hydrogen-bond acceptors (Lipinski definition) is 1. The molecule has 0 aromatic heterocycles. The Morgan fingerprint density at radius 1 is 1.20 bits per heavy atom. The topological polar surface area (TPSA) is 9.23 Å². The van der Waals surface area contributed by atoms with E-state index >= 15 is 0 Å². The van der Waals surface area contributed by atoms with Gasteiger partial charge in [0.15, 0.2) is 0 Å². The fourth-order valence-corrected chi connectivity index (χ4v) is 1.45. The molecule has 0 aliphatic rings. The maximum Gasteiger partial charge on any atom is 0.130 e. The van der Waals surface area contributed by atoms with Crippen molar-refractivity contribution in [3.8, 4) is 5.75 Å². The van der Waals surface area contributed by atoms with Gasteiger partial charge in [-0.2, -0.15) is 0 Å². The Labute approximate surface area is 91.3 Å². The lowest BCUT2D eigenvalue weighted by Crippen LogP contribution is -2.14. The zero-order valence-corrected chi connectivity index (χ0v) is 10.1. The third-order valence-corrected chi connectivity index (χ3v) is 2.12. The summed E-state index contributed by atoms with van der Waals surface area (Å²) < 4.78 is 19.1. The van der Waals surface area contributed by atoms with E-state index < -0.39 is 0 Å². The molecule has 0 aliphatic heterocycles. The first-order valence-electron chi connectivity index (χ1n) is 5.27. The summed E-state index contributed by atoms with van der Waals surface area (Å²) in [5.41, 5.74) is 0.555. The van der Waals surface area contributed by atoms with Gasteiger partial charge in [0, 0.05) is 6.07 Å². The van der Waals surface area contributed by atoms with E-state index in [1.54, 1.807) is 6.07 Å². The Morgan fingerprint density at radius 2 is 1.80 bits per heavy atom. The van der Waals surface area contributed by atoms with E-state index in [1.807, 2.05) is 40.7 Å². The van der Waals surface area contributed by atoms with Crippen LogP contribution < -0.4 is 4.74 Å². The Kier molecular flexibility index (Phi) is 3.38. The zero-order valence-electron chi connectivity index (χ0n) is 10.1. The van der Waals surface area contributed by atoms with Crippen molar-refractivity contribution in [1.29, 1.82) is 0 Å². The van der Waals surface area contributed by atoms with Gasteiger partial charge in [0.1, 0.15) is 11.6 Å². The van der Waals surface area contributed by atoms with Crippen LogP contribution in [0.2, 0.25) is 0 Å². The summed E-state index contributed by atoms with van der Waals surface area (Å²) in [7, 11) is 0. The molecule has 1 aromatic carbocycles. The number of halogens is 1. The van der Waals surface area contributed by atoms with Crippen LogP contribution in [0.1, 0.15) is 40.2 Å². The molecule has 2 heteroatoms. The van der Waals surface area contributed by atoms with Crippen molar-refractivity contribution >= 4 is 0 Å². The lowest BCUT2D eigenvalue weighted by Gasteiger charge is -2.20. The van der Waals surface area contributed by atoms with Gasteiger partial charge in [-0.25, -0.2) is 4.39 Å². The quantitative estimate of drug-likeness (QED) is 0.719. The first-order chi connectivity index (χ1) is 6.80. The molecule has 0 spiro atoms. The van der Waals surface area contributed by atoms with Crippen LogP contribution in [0.4, 0.5) is 4.39 Å². The SMILES string of the molecule is CC(C)Oc1ccc(C(C)(C)C)c(F)c1. The van der Waals surface area contributed by atoms with E-state index in [0.29, 0.717) is 5.75 Å². The molecule has 1 nitrogen and oxygen atoms in total. The molecule has 0 saturated heterocycles. The summed E-state index contributed by atoms with van der Waals surface area (Å²) in [6, 6.07) is 5.08. The lowest BCUT2D eigenvalue weighted by atomic mass is 9.87. The average molecular weight is 210 g/mol. The predicted octanol–water partition coefficient (Wildman–Crippen LogP) is 3.91. The minimum absolute atomic E-state index is 0.0740. The summed E-state index contributed by atoms with van der Waals surface area (Å²) in [6.45, 7) is 9.84. The van der Waals surface area contributed by atoms with E-state index in [-0.39, 0.29) is 17.3 Å². The van der Waals surface area contributed by atoms with Crippen LogP contribution >= 0.6 is 0 Å². The molecule has 0 bridgehead atoms. The summed E-state index contributed by atoms with van der Waals surface area (Å²) in [4.78, 5) is 0. The van der Waals surface area contributed by atoms with Crippen LogP contribution in [0.5, 0.6) is 5.75 Å². The first-order valence-corrected chi connectivity index (χ1v) is 5.27. The molecule has 0 radical (unpaired) electrons. The van der Waals surface area contributed by atoms with Crippen molar-refractivity contribution in [2.75, 3.05) is 0 Å². The van der Waals surface area contributed by atoms with Crippen molar-refractivity contribution in [1.82, 2.24) is 0 Å². The Hall–Kier alpha value is -1.05. The third kappa shape index (κ3) is 3.22. The monoisotopic (exact) mass is 210 g/mol. The van der Waals surface area contributed by atoms with Gasteiger partial charge in [-0.15, -0.1) is 0 Å². The number of benzene rings is 1. The van der Waals surface area contributed by atoms with Crippen molar-refractivity contribution in [2.45, 2.75) is 46.1 Å². The molecule has 0 N–H and O–H groups in total. The van der Waals surface area contributed by atoms with Crippen molar-refractivity contribution in [3.05, 3.63) is 29.6 Å². The minimum Gasteiger partial charge on any atom is -0.491 e. The number of rotatable bonds is 2. The van der Waals surface area contributed by atoms with E-state index in [1.165, 1.54) is 6.07 Å². The van der Waals surface area contributed by atoms with Gasteiger partial charge in [-0.1, -0.05) is 26.8 Å². The molecule has 1 rings (SSSR count). The minimum atomic E-state index is -0.194. The van der Waals surface area contributed by atoms with Gasteiger partial charge in [0.2, 0.25) is 0 Å². The predicted molar refractivity (Wildman–Crippen MR) is 60.9 cm³/mol. The second kappa shape index (κ2) is 4.21. The van der Waals surface area contributed by atoms with Crippen molar-refractivity contribution in [3.63, 3.8) is 0 Å². The normalized spacial score (nSPS) is 11.9. The highest BCUT2D eigenvalue weighted by Crippen LogP contribution is 2.27. The lowest BCUT2D eigenvalue weighted by molar-refractivity contribution is 0.241. The molecule has 15 heavy (non-hydrogen) atoms. The Bertz CT molecular complexity index is 337. The van der Waals surface area contributed by atoms with Gasteiger partial charge < -0.3 is 4.74 Å². The van der Waals surface area contributed by atoms with Crippen LogP contribution in [0.3, 0.4) is 0 Å². The smallest absolute Gasteiger partial charge is 0.130 e. The van der Waals surface area contributed by atoms with E-state index in [4.69, 9.17) is 4.74 Å². The fourth-order valence-electron chi connectivity index (χ4n) is 1.45. The molecule has 0 saturated carbocycles. The van der Waals surface area contributed by atoms with Crippen LogP contribution in [0.25, 0.3) is 0 Å². The maximum atomic E-state index is 13.7. The van der Waals surface area contributed by atoms with Crippen molar-refractivity contribution in [2.24, 2.45) is 0 Å². The first kappa shape index (κ1) is 12.0. The van der Waals surface area contributed by atoms with Crippen LogP contribution in [-0.2, 0) is 5.41 Å². The largest absolute Gasteiger partial charge is 0.491 e. The standard InChI is InChI=1S/C13H19FO/c1-9(2)15-10-6-7-11(12(14)8-10)13(3,4)5/h6-9H,1-5H3. The van der Waals surface area contributed by atoms with Crippen molar-refractivity contribution < 1.29 is 9.13 Å².